The van der Waals surface area contributed by atoms with Crippen LogP contribution in [0.4, 0.5) is 4.39 Å². The van der Waals surface area contributed by atoms with Crippen LogP contribution >= 0.6 is 8.58 Å². The second kappa shape index (κ2) is 8.03. The molecule has 2 rings (SSSR count). The minimum absolute atomic E-state index is 0.0767. The van der Waals surface area contributed by atoms with Gasteiger partial charge in [-0.1, -0.05) is 28.5 Å². The first-order valence-electron chi connectivity index (χ1n) is 8.01. The Bertz CT molecular complexity index is 750. The molecule has 0 aliphatic heterocycles. The number of rotatable bonds is 7. The van der Waals surface area contributed by atoms with Crippen LogP contribution in [0.1, 0.15) is 31.4 Å². The molecule has 0 bridgehead atoms. The predicted octanol–water partition coefficient (Wildman–Crippen LogP) is 3.67. The lowest BCUT2D eigenvalue weighted by Crippen LogP contribution is -2.20. The second-order valence-electron chi connectivity index (χ2n) is 6.00. The third-order valence-corrected chi connectivity index (χ3v) is 6.39. The topological polar surface area (TPSA) is 58.9 Å². The van der Waals surface area contributed by atoms with Gasteiger partial charge in [-0.25, -0.2) is 4.39 Å². The summed E-state index contributed by atoms with van der Waals surface area (Å²) in [5.41, 5.74) is 1.27. The lowest BCUT2D eigenvalue weighted by atomic mass is 9.95. The van der Waals surface area contributed by atoms with Crippen molar-refractivity contribution >= 4 is 13.9 Å². The summed E-state index contributed by atoms with van der Waals surface area (Å²) in [4.78, 5) is 0. The molecular weight excluding hydrogens is 342 g/mol. The van der Waals surface area contributed by atoms with Gasteiger partial charge in [0.15, 0.2) is 11.5 Å². The molecule has 0 aliphatic carbocycles. The quantitative estimate of drug-likeness (QED) is 0.734. The smallest absolute Gasteiger partial charge is 0.164 e. The molecule has 2 aromatic carbocycles. The van der Waals surface area contributed by atoms with Gasteiger partial charge in [0.25, 0.3) is 0 Å². The molecule has 0 saturated carbocycles. The van der Waals surface area contributed by atoms with Gasteiger partial charge in [-0.3, -0.25) is 0 Å². The van der Waals surface area contributed by atoms with Crippen LogP contribution in [0, 0.1) is 5.82 Å². The number of ether oxygens (including phenoxy) is 2. The summed E-state index contributed by atoms with van der Waals surface area (Å²) in [6.07, 6.45) is 0.734. The molecule has 0 aliphatic rings. The van der Waals surface area contributed by atoms with E-state index in [1.807, 2.05) is 13.8 Å². The van der Waals surface area contributed by atoms with Crippen molar-refractivity contribution in [1.82, 2.24) is 0 Å². The van der Waals surface area contributed by atoms with Crippen LogP contribution in [0.2, 0.25) is 0 Å². The molecule has 2 unspecified atom stereocenters. The lowest BCUT2D eigenvalue weighted by Gasteiger charge is -2.31. The average molecular weight is 366 g/mol. The summed E-state index contributed by atoms with van der Waals surface area (Å²) in [5, 5.41) is 20.6. The van der Waals surface area contributed by atoms with E-state index in [1.54, 1.807) is 25.3 Å². The number of aliphatic hydroxyl groups is 1. The molecule has 2 aromatic rings. The van der Waals surface area contributed by atoms with Gasteiger partial charge in [0.1, 0.15) is 11.6 Å². The third-order valence-electron chi connectivity index (χ3n) is 4.45. The van der Waals surface area contributed by atoms with Gasteiger partial charge in [0.05, 0.1) is 20.8 Å². The summed E-state index contributed by atoms with van der Waals surface area (Å²) < 4.78 is 24.0. The van der Waals surface area contributed by atoms with E-state index >= 15 is 0 Å². The first-order valence-corrected chi connectivity index (χ1v) is 9.01. The van der Waals surface area contributed by atoms with E-state index in [4.69, 9.17) is 9.47 Å². The normalized spacial score (nSPS) is 13.8. The molecular formula is C19H24FO4P. The molecule has 25 heavy (non-hydrogen) atoms. The van der Waals surface area contributed by atoms with Crippen molar-refractivity contribution in [2.24, 2.45) is 0 Å². The van der Waals surface area contributed by atoms with Crippen LogP contribution in [0.25, 0.3) is 0 Å². The Hall–Kier alpha value is -1.84. The predicted molar refractivity (Wildman–Crippen MR) is 99.1 cm³/mol. The molecule has 0 heterocycles. The van der Waals surface area contributed by atoms with E-state index in [-0.39, 0.29) is 26.8 Å². The first kappa shape index (κ1) is 19.5. The van der Waals surface area contributed by atoms with E-state index in [1.165, 1.54) is 19.2 Å². The van der Waals surface area contributed by atoms with Crippen molar-refractivity contribution in [3.63, 3.8) is 0 Å². The minimum atomic E-state index is -0.423. The second-order valence-corrected chi connectivity index (χ2v) is 7.89. The summed E-state index contributed by atoms with van der Waals surface area (Å²) in [6.45, 7) is 3.83. The Morgan fingerprint density at radius 3 is 2.44 bits per heavy atom. The molecule has 6 heteroatoms. The van der Waals surface area contributed by atoms with Gasteiger partial charge in [0, 0.05) is 16.8 Å². The highest BCUT2D eigenvalue weighted by molar-refractivity contribution is 7.48. The van der Waals surface area contributed by atoms with Crippen LogP contribution in [-0.2, 0) is 11.8 Å². The van der Waals surface area contributed by atoms with Crippen LogP contribution in [0.5, 0.6) is 17.2 Å². The fraction of sp³-hybridized carbons (Fsp3) is 0.368. The largest absolute Gasteiger partial charge is 0.504 e. The van der Waals surface area contributed by atoms with Crippen molar-refractivity contribution < 1.29 is 24.1 Å². The van der Waals surface area contributed by atoms with E-state index in [9.17, 15) is 14.6 Å². The monoisotopic (exact) mass is 366 g/mol. The Morgan fingerprint density at radius 1 is 1.16 bits per heavy atom. The van der Waals surface area contributed by atoms with Crippen molar-refractivity contribution in [2.45, 2.75) is 32.0 Å². The van der Waals surface area contributed by atoms with E-state index in [2.05, 4.69) is 0 Å². The molecule has 0 amide bonds. The summed E-state index contributed by atoms with van der Waals surface area (Å²) in [5.74, 6) is 0.644. The maximum absolute atomic E-state index is 13.5. The van der Waals surface area contributed by atoms with Gasteiger partial charge in [-0.15, -0.1) is 0 Å². The molecule has 136 valence electrons. The average Bonchev–Trinajstić information content (AvgIpc) is 2.63. The van der Waals surface area contributed by atoms with Crippen molar-refractivity contribution in [2.75, 3.05) is 14.2 Å². The highest BCUT2D eigenvalue weighted by Gasteiger charge is 2.31. The van der Waals surface area contributed by atoms with E-state index in [0.29, 0.717) is 22.6 Å². The lowest BCUT2D eigenvalue weighted by molar-refractivity contribution is 0.282. The van der Waals surface area contributed by atoms with Gasteiger partial charge in [0.2, 0.25) is 0 Å². The molecule has 0 aromatic heterocycles. The zero-order valence-corrected chi connectivity index (χ0v) is 15.9. The van der Waals surface area contributed by atoms with Crippen LogP contribution in [0.3, 0.4) is 0 Å². The zero-order valence-electron chi connectivity index (χ0n) is 14.9. The SMILES string of the molecule is CCC(C)(Pc1ccc(F)cc1CO)c1cc(OC)cc(OC)c1O. The number of hydrogen-bond acceptors (Lipinski definition) is 4. The Morgan fingerprint density at radius 2 is 1.88 bits per heavy atom. The number of benzene rings is 2. The molecule has 2 atom stereocenters. The number of phenolic OH excluding ortho intramolecular Hbond substituents is 1. The number of aromatic hydroxyl groups is 1. The van der Waals surface area contributed by atoms with Crippen LogP contribution in [0.15, 0.2) is 30.3 Å². The maximum Gasteiger partial charge on any atom is 0.164 e. The molecule has 0 spiro atoms. The summed E-state index contributed by atoms with van der Waals surface area (Å²) >= 11 is 0. The molecule has 4 nitrogen and oxygen atoms in total. The first-order chi connectivity index (χ1) is 11.9. The maximum atomic E-state index is 13.5. The Kier molecular flexibility index (Phi) is 6.26. The van der Waals surface area contributed by atoms with Gasteiger partial charge < -0.3 is 19.7 Å². The zero-order chi connectivity index (χ0) is 18.6. The van der Waals surface area contributed by atoms with Gasteiger partial charge >= 0.3 is 0 Å². The number of aliphatic hydroxyl groups excluding tert-OH is 1. The van der Waals surface area contributed by atoms with Crippen molar-refractivity contribution in [1.29, 1.82) is 0 Å². The summed E-state index contributed by atoms with van der Waals surface area (Å²) in [6, 6.07) is 7.88. The van der Waals surface area contributed by atoms with Gasteiger partial charge in [-0.05, 0) is 35.5 Å². The number of methoxy groups -OCH3 is 2. The Balaban J connectivity index is 2.54. The highest BCUT2D eigenvalue weighted by Crippen LogP contribution is 2.51. The summed E-state index contributed by atoms with van der Waals surface area (Å²) in [7, 11) is 3.28. The fourth-order valence-electron chi connectivity index (χ4n) is 2.74. The van der Waals surface area contributed by atoms with Gasteiger partial charge in [-0.2, -0.15) is 0 Å². The molecule has 2 N–H and O–H groups in total. The third kappa shape index (κ3) is 4.05. The molecule has 0 radical (unpaired) electrons. The van der Waals surface area contributed by atoms with Crippen molar-refractivity contribution in [3.05, 3.63) is 47.3 Å². The standard InChI is InChI=1S/C19H24FO4P/c1-5-19(2,25-17-7-6-13(20)8-12(17)11-21)15-9-14(23-3)10-16(24-4)18(15)22/h6-10,21-22,25H,5,11H2,1-4H3. The number of halogens is 1. The van der Waals surface area contributed by atoms with E-state index < -0.39 is 5.16 Å². The fourth-order valence-corrected chi connectivity index (χ4v) is 4.31. The van der Waals surface area contributed by atoms with Crippen LogP contribution in [-0.4, -0.2) is 24.4 Å². The molecule has 0 saturated heterocycles. The van der Waals surface area contributed by atoms with Crippen molar-refractivity contribution in [3.8, 4) is 17.2 Å². The molecule has 0 fully saturated rings. The minimum Gasteiger partial charge on any atom is -0.504 e. The number of hydrogen-bond donors (Lipinski definition) is 2. The van der Waals surface area contributed by atoms with E-state index in [0.717, 1.165) is 11.7 Å². The highest BCUT2D eigenvalue weighted by atomic mass is 31.1. The Labute approximate surface area is 149 Å². The van der Waals surface area contributed by atoms with Crippen LogP contribution < -0.4 is 14.8 Å². The number of phenols is 1.